The molecular weight excluding hydrogens is 290 g/mol. The highest BCUT2D eigenvalue weighted by molar-refractivity contribution is 5.40. The SMILES string of the molecule is C#CCOC1CCN(c2ccc(-n3nc(C)cc3C)nn2)CC1. The molecule has 1 saturated heterocycles. The Morgan fingerprint density at radius 1 is 1.22 bits per heavy atom. The van der Waals surface area contributed by atoms with Crippen molar-refractivity contribution >= 4 is 5.82 Å². The van der Waals surface area contributed by atoms with Crippen molar-refractivity contribution in [1.82, 2.24) is 20.0 Å². The van der Waals surface area contributed by atoms with Crippen LogP contribution in [0.25, 0.3) is 5.82 Å². The van der Waals surface area contributed by atoms with E-state index in [4.69, 9.17) is 11.2 Å². The molecule has 0 aromatic carbocycles. The molecule has 23 heavy (non-hydrogen) atoms. The van der Waals surface area contributed by atoms with Crippen molar-refractivity contribution in [3.05, 3.63) is 29.6 Å². The Kier molecular flexibility index (Phi) is 4.58. The molecule has 2 aromatic rings. The molecule has 1 aliphatic rings. The monoisotopic (exact) mass is 311 g/mol. The van der Waals surface area contributed by atoms with Gasteiger partial charge in [-0.15, -0.1) is 16.6 Å². The summed E-state index contributed by atoms with van der Waals surface area (Å²) in [6, 6.07) is 5.99. The molecule has 3 heterocycles. The fraction of sp³-hybridized carbons (Fsp3) is 0.471. The Morgan fingerprint density at radius 2 is 1.91 bits per heavy atom. The van der Waals surface area contributed by atoms with Crippen molar-refractivity contribution < 1.29 is 4.74 Å². The van der Waals surface area contributed by atoms with Crippen LogP contribution in [-0.2, 0) is 4.74 Å². The van der Waals surface area contributed by atoms with E-state index in [1.165, 1.54) is 0 Å². The maximum absolute atomic E-state index is 5.60. The van der Waals surface area contributed by atoms with Gasteiger partial charge < -0.3 is 9.64 Å². The third kappa shape index (κ3) is 3.51. The molecular formula is C17H21N5O. The Hall–Kier alpha value is -2.39. The van der Waals surface area contributed by atoms with E-state index >= 15 is 0 Å². The molecule has 0 saturated carbocycles. The summed E-state index contributed by atoms with van der Waals surface area (Å²) in [6.07, 6.45) is 7.40. The summed E-state index contributed by atoms with van der Waals surface area (Å²) in [6.45, 7) is 6.18. The number of nitrogens with zero attached hydrogens (tertiary/aromatic N) is 5. The number of hydrogen-bond acceptors (Lipinski definition) is 5. The van der Waals surface area contributed by atoms with Gasteiger partial charge in [0.1, 0.15) is 6.61 Å². The zero-order valence-electron chi connectivity index (χ0n) is 13.6. The Labute approximate surface area is 136 Å². The summed E-state index contributed by atoms with van der Waals surface area (Å²) in [5, 5.41) is 13.1. The van der Waals surface area contributed by atoms with Crippen LogP contribution < -0.4 is 4.90 Å². The van der Waals surface area contributed by atoms with Gasteiger partial charge in [-0.05, 0) is 44.9 Å². The number of rotatable bonds is 4. The first-order valence-corrected chi connectivity index (χ1v) is 7.85. The first-order chi connectivity index (χ1) is 11.2. The maximum Gasteiger partial charge on any atom is 0.176 e. The topological polar surface area (TPSA) is 56.1 Å². The molecule has 0 atom stereocenters. The Balaban J connectivity index is 1.64. The lowest BCUT2D eigenvalue weighted by Gasteiger charge is -2.32. The van der Waals surface area contributed by atoms with Crippen LogP contribution in [0, 0.1) is 26.2 Å². The van der Waals surface area contributed by atoms with Crippen LogP contribution in [0.15, 0.2) is 18.2 Å². The second kappa shape index (κ2) is 6.80. The number of aromatic nitrogens is 4. The van der Waals surface area contributed by atoms with Gasteiger partial charge in [0.2, 0.25) is 0 Å². The lowest BCUT2D eigenvalue weighted by atomic mass is 10.1. The minimum absolute atomic E-state index is 0.254. The first kappa shape index (κ1) is 15.5. The molecule has 0 unspecified atom stereocenters. The van der Waals surface area contributed by atoms with Crippen molar-refractivity contribution in [3.8, 4) is 18.2 Å². The first-order valence-electron chi connectivity index (χ1n) is 7.85. The summed E-state index contributed by atoms with van der Waals surface area (Å²) in [7, 11) is 0. The zero-order valence-corrected chi connectivity index (χ0v) is 13.6. The molecule has 1 fully saturated rings. The lowest BCUT2D eigenvalue weighted by Crippen LogP contribution is -2.37. The number of piperidine rings is 1. The van der Waals surface area contributed by atoms with E-state index in [9.17, 15) is 0 Å². The van der Waals surface area contributed by atoms with Crippen molar-refractivity contribution in [1.29, 1.82) is 0 Å². The van der Waals surface area contributed by atoms with Crippen molar-refractivity contribution in [2.75, 3.05) is 24.6 Å². The molecule has 2 aromatic heterocycles. The normalized spacial score (nSPS) is 15.6. The second-order valence-electron chi connectivity index (χ2n) is 5.79. The van der Waals surface area contributed by atoms with Crippen LogP contribution in [-0.4, -0.2) is 45.8 Å². The van der Waals surface area contributed by atoms with Crippen LogP contribution in [0.1, 0.15) is 24.2 Å². The van der Waals surface area contributed by atoms with Gasteiger partial charge in [-0.2, -0.15) is 5.10 Å². The van der Waals surface area contributed by atoms with Crippen LogP contribution >= 0.6 is 0 Å². The summed E-state index contributed by atoms with van der Waals surface area (Å²) in [4.78, 5) is 2.23. The minimum atomic E-state index is 0.254. The highest BCUT2D eigenvalue weighted by atomic mass is 16.5. The fourth-order valence-corrected chi connectivity index (χ4v) is 2.88. The third-order valence-corrected chi connectivity index (χ3v) is 4.03. The number of ether oxygens (including phenoxy) is 1. The molecule has 3 rings (SSSR count). The summed E-state index contributed by atoms with van der Waals surface area (Å²) < 4.78 is 7.41. The Morgan fingerprint density at radius 3 is 2.48 bits per heavy atom. The van der Waals surface area contributed by atoms with Gasteiger partial charge in [0.25, 0.3) is 0 Å². The van der Waals surface area contributed by atoms with E-state index in [1.807, 2.05) is 36.7 Å². The van der Waals surface area contributed by atoms with Gasteiger partial charge in [0, 0.05) is 18.8 Å². The van der Waals surface area contributed by atoms with Crippen LogP contribution in [0.2, 0.25) is 0 Å². The average molecular weight is 311 g/mol. The summed E-state index contributed by atoms with van der Waals surface area (Å²) >= 11 is 0. The Bertz CT molecular complexity index is 693. The van der Waals surface area contributed by atoms with Crippen LogP contribution in [0.4, 0.5) is 5.82 Å². The fourth-order valence-electron chi connectivity index (χ4n) is 2.88. The molecule has 120 valence electrons. The van der Waals surface area contributed by atoms with Crippen molar-refractivity contribution in [2.45, 2.75) is 32.8 Å². The summed E-state index contributed by atoms with van der Waals surface area (Å²) in [5.41, 5.74) is 2.03. The molecule has 0 aliphatic carbocycles. The predicted octanol–water partition coefficient (Wildman–Crippen LogP) is 1.90. The highest BCUT2D eigenvalue weighted by Gasteiger charge is 2.20. The van der Waals surface area contributed by atoms with Gasteiger partial charge in [-0.1, -0.05) is 5.92 Å². The van der Waals surface area contributed by atoms with E-state index in [1.54, 1.807) is 0 Å². The van der Waals surface area contributed by atoms with Crippen LogP contribution in [0.5, 0.6) is 0 Å². The lowest BCUT2D eigenvalue weighted by molar-refractivity contribution is 0.0594. The number of hydrogen-bond donors (Lipinski definition) is 0. The molecule has 1 aliphatic heterocycles. The quantitative estimate of drug-likeness (QED) is 0.807. The smallest absolute Gasteiger partial charge is 0.176 e. The van der Waals surface area contributed by atoms with E-state index in [0.717, 1.165) is 49.0 Å². The van der Waals surface area contributed by atoms with Crippen LogP contribution in [0.3, 0.4) is 0 Å². The van der Waals surface area contributed by atoms with Gasteiger partial charge in [0.05, 0.1) is 11.8 Å². The second-order valence-corrected chi connectivity index (χ2v) is 5.79. The van der Waals surface area contributed by atoms with Gasteiger partial charge in [-0.25, -0.2) is 4.68 Å². The minimum Gasteiger partial charge on any atom is -0.365 e. The number of aryl methyl sites for hydroxylation is 2. The van der Waals surface area contributed by atoms with Gasteiger partial charge in [-0.3, -0.25) is 0 Å². The predicted molar refractivity (Wildman–Crippen MR) is 88.6 cm³/mol. The number of anilines is 1. The van der Waals surface area contributed by atoms with E-state index < -0.39 is 0 Å². The molecule has 0 spiro atoms. The standard InChI is InChI=1S/C17H21N5O/c1-4-11-23-15-7-9-21(10-8-15)16-5-6-17(19-18-16)22-14(3)12-13(2)20-22/h1,5-6,12,15H,7-11H2,2-3H3. The van der Waals surface area contributed by atoms with E-state index in [2.05, 4.69) is 26.1 Å². The van der Waals surface area contributed by atoms with Gasteiger partial charge >= 0.3 is 0 Å². The molecule has 0 bridgehead atoms. The molecule has 0 amide bonds. The average Bonchev–Trinajstić information content (AvgIpc) is 2.92. The third-order valence-electron chi connectivity index (χ3n) is 4.03. The van der Waals surface area contributed by atoms with Crippen molar-refractivity contribution in [2.24, 2.45) is 0 Å². The maximum atomic E-state index is 5.60. The van der Waals surface area contributed by atoms with Gasteiger partial charge in [0.15, 0.2) is 11.6 Å². The summed E-state index contributed by atoms with van der Waals surface area (Å²) in [5.74, 6) is 4.16. The highest BCUT2D eigenvalue weighted by Crippen LogP contribution is 2.20. The molecule has 6 nitrogen and oxygen atoms in total. The molecule has 0 radical (unpaired) electrons. The molecule has 0 N–H and O–H groups in total. The van der Waals surface area contributed by atoms with E-state index in [-0.39, 0.29) is 6.10 Å². The largest absolute Gasteiger partial charge is 0.365 e. The number of terminal acetylenes is 1. The molecule has 6 heteroatoms. The zero-order chi connectivity index (χ0) is 16.2. The van der Waals surface area contributed by atoms with Crippen molar-refractivity contribution in [3.63, 3.8) is 0 Å². The van der Waals surface area contributed by atoms with E-state index in [0.29, 0.717) is 6.61 Å².